The summed E-state index contributed by atoms with van der Waals surface area (Å²) in [5.41, 5.74) is 5.73. The number of amides is 2. The van der Waals surface area contributed by atoms with Crippen LogP contribution in [-0.2, 0) is 55.0 Å². The summed E-state index contributed by atoms with van der Waals surface area (Å²) in [4.78, 5) is 54.5. The van der Waals surface area contributed by atoms with Crippen molar-refractivity contribution in [1.29, 1.82) is 0 Å². The van der Waals surface area contributed by atoms with Gasteiger partial charge in [-0.15, -0.1) is 0 Å². The van der Waals surface area contributed by atoms with Crippen LogP contribution in [0, 0.1) is 23.7 Å². The highest BCUT2D eigenvalue weighted by Gasteiger charge is 2.19. The molecular weight excluding hydrogens is 604 g/mol. The average Bonchev–Trinajstić information content (AvgIpc) is 3.09. The Hall–Kier alpha value is -6.12. The van der Waals surface area contributed by atoms with Crippen molar-refractivity contribution in [3.05, 3.63) is 142 Å². The molecule has 240 valence electrons. The van der Waals surface area contributed by atoms with Crippen LogP contribution in [0.15, 0.2) is 97.1 Å². The molecule has 8 nitrogen and oxygen atoms in total. The van der Waals surface area contributed by atoms with Gasteiger partial charge >= 0.3 is 11.9 Å². The maximum atomic E-state index is 13.2. The molecule has 0 atom stereocenters. The Labute approximate surface area is 280 Å². The fourth-order valence-corrected chi connectivity index (χ4v) is 4.99. The molecule has 0 aliphatic carbocycles. The van der Waals surface area contributed by atoms with Gasteiger partial charge in [0.2, 0.25) is 11.8 Å². The van der Waals surface area contributed by atoms with Gasteiger partial charge in [0.25, 0.3) is 0 Å². The van der Waals surface area contributed by atoms with E-state index in [0.717, 1.165) is 22.3 Å². The molecule has 0 aromatic heterocycles. The molecule has 5 rings (SSSR count). The topological polar surface area (TPSA) is 93.2 Å². The zero-order valence-corrected chi connectivity index (χ0v) is 26.8. The van der Waals surface area contributed by atoms with Crippen molar-refractivity contribution in [2.24, 2.45) is 0 Å². The molecule has 1 heterocycles. The van der Waals surface area contributed by atoms with Crippen molar-refractivity contribution in [3.8, 4) is 23.7 Å². The van der Waals surface area contributed by atoms with E-state index < -0.39 is 18.4 Å². The molecule has 0 unspecified atom stereocenters. The lowest BCUT2D eigenvalue weighted by Crippen LogP contribution is -2.34. The molecule has 1 aliphatic rings. The summed E-state index contributed by atoms with van der Waals surface area (Å²) in [5.74, 6) is 10.6. The van der Waals surface area contributed by atoms with Gasteiger partial charge in [0, 0.05) is 60.6 Å². The standard InChI is InChI=1S/C40H34N2O6/c1-41-25-33-15-7-3-11-29(33)19-21-31-13-5-9-17-35(31)27-47-39(45)24-40(46)48-28-36-18-10-6-14-32(36)22-20-30-12-4-8-16-34(30)26-42(2)38(44)23-37(41)43/h3-18H,23-28H2,1-2H3. The Morgan fingerprint density at radius 2 is 0.771 bits per heavy atom. The van der Waals surface area contributed by atoms with Crippen LogP contribution in [0.2, 0.25) is 0 Å². The van der Waals surface area contributed by atoms with Gasteiger partial charge < -0.3 is 19.3 Å². The highest BCUT2D eigenvalue weighted by atomic mass is 16.6. The van der Waals surface area contributed by atoms with Crippen molar-refractivity contribution < 1.29 is 28.7 Å². The number of carbonyl (C=O) groups excluding carboxylic acids is 4. The van der Waals surface area contributed by atoms with Gasteiger partial charge in [-0.2, -0.15) is 0 Å². The van der Waals surface area contributed by atoms with Crippen molar-refractivity contribution >= 4 is 23.8 Å². The van der Waals surface area contributed by atoms with E-state index in [9.17, 15) is 19.2 Å². The van der Waals surface area contributed by atoms with E-state index >= 15 is 0 Å². The fourth-order valence-electron chi connectivity index (χ4n) is 4.99. The molecule has 0 radical (unpaired) electrons. The first-order valence-corrected chi connectivity index (χ1v) is 15.4. The molecule has 2 amide bonds. The Balaban J connectivity index is 1.44. The minimum atomic E-state index is -0.713. The van der Waals surface area contributed by atoms with Gasteiger partial charge in [0.15, 0.2) is 0 Å². The number of ether oxygens (including phenoxy) is 2. The first-order valence-electron chi connectivity index (χ1n) is 15.4. The Kier molecular flexibility index (Phi) is 11.0. The number of nitrogens with zero attached hydrogens (tertiary/aromatic N) is 2. The van der Waals surface area contributed by atoms with Crippen LogP contribution >= 0.6 is 0 Å². The molecule has 0 N–H and O–H groups in total. The smallest absolute Gasteiger partial charge is 0.317 e. The third kappa shape index (κ3) is 8.99. The van der Waals surface area contributed by atoms with Crippen LogP contribution in [0.1, 0.15) is 57.3 Å². The van der Waals surface area contributed by atoms with Crippen molar-refractivity contribution in [3.63, 3.8) is 0 Å². The second-order valence-corrected chi connectivity index (χ2v) is 11.3. The summed E-state index contributed by atoms with van der Waals surface area (Å²) >= 11 is 0. The van der Waals surface area contributed by atoms with Gasteiger partial charge in [0.05, 0.1) is 0 Å². The maximum absolute atomic E-state index is 13.2. The zero-order chi connectivity index (χ0) is 33.9. The van der Waals surface area contributed by atoms with Crippen molar-refractivity contribution in [2.45, 2.75) is 39.1 Å². The average molecular weight is 639 g/mol. The number of carbonyl (C=O) groups is 4. The maximum Gasteiger partial charge on any atom is 0.317 e. The lowest BCUT2D eigenvalue weighted by Gasteiger charge is -2.21. The second kappa shape index (κ2) is 15.9. The largest absolute Gasteiger partial charge is 0.460 e. The molecule has 0 fully saturated rings. The van der Waals surface area contributed by atoms with Crippen LogP contribution in [0.25, 0.3) is 0 Å². The number of fused-ring (bicyclic) bond motifs is 4. The number of hydrogen-bond donors (Lipinski definition) is 0. The van der Waals surface area contributed by atoms with E-state index in [1.807, 2.05) is 84.9 Å². The molecule has 8 heteroatoms. The second-order valence-electron chi connectivity index (χ2n) is 11.3. The highest BCUT2D eigenvalue weighted by molar-refractivity contribution is 5.96. The summed E-state index contributed by atoms with van der Waals surface area (Å²) in [6.07, 6.45) is -0.826. The summed E-state index contributed by atoms with van der Waals surface area (Å²) in [7, 11) is 3.33. The number of hydrogen-bond acceptors (Lipinski definition) is 6. The van der Waals surface area contributed by atoms with Crippen LogP contribution in [0.5, 0.6) is 0 Å². The lowest BCUT2D eigenvalue weighted by atomic mass is 10.0. The van der Waals surface area contributed by atoms with Crippen LogP contribution in [-0.4, -0.2) is 47.6 Å². The molecule has 4 aromatic carbocycles. The summed E-state index contributed by atoms with van der Waals surface area (Å²) < 4.78 is 10.8. The number of benzene rings is 4. The van der Waals surface area contributed by atoms with E-state index in [-0.39, 0.29) is 44.5 Å². The van der Waals surface area contributed by atoms with Gasteiger partial charge in [-0.25, -0.2) is 0 Å². The Morgan fingerprint density at radius 3 is 1.15 bits per heavy atom. The van der Waals surface area contributed by atoms with E-state index in [1.165, 1.54) is 9.80 Å². The third-order valence-electron chi connectivity index (χ3n) is 7.77. The number of cyclic esters (lactones) is 2. The molecule has 0 saturated carbocycles. The predicted octanol–water partition coefficient (Wildman–Crippen LogP) is 4.98. The lowest BCUT2D eigenvalue weighted by molar-refractivity contribution is -0.156. The Bertz CT molecular complexity index is 1840. The quantitative estimate of drug-likeness (QED) is 0.153. The summed E-state index contributed by atoms with van der Waals surface area (Å²) in [5, 5.41) is 0. The van der Waals surface area contributed by atoms with Gasteiger partial charge in [-0.1, -0.05) is 96.5 Å². The first kappa shape index (κ1) is 33.2. The highest BCUT2D eigenvalue weighted by Crippen LogP contribution is 2.16. The van der Waals surface area contributed by atoms with Crippen molar-refractivity contribution in [2.75, 3.05) is 14.1 Å². The molecule has 48 heavy (non-hydrogen) atoms. The SMILES string of the molecule is CN1Cc2ccccc2C#Cc2ccccc2COC(=O)CC(=O)OCc2ccccc2C#Cc2ccccc2CN(C)C(=O)CC1=O. The van der Waals surface area contributed by atoms with Crippen LogP contribution < -0.4 is 0 Å². The summed E-state index contributed by atoms with van der Waals surface area (Å²) in [6.45, 7) is 0.377. The van der Waals surface area contributed by atoms with Crippen molar-refractivity contribution in [1.82, 2.24) is 9.80 Å². The molecule has 4 aromatic rings. The van der Waals surface area contributed by atoms with E-state index in [2.05, 4.69) is 23.7 Å². The third-order valence-corrected chi connectivity index (χ3v) is 7.77. The minimum absolute atomic E-state index is 0.0712. The van der Waals surface area contributed by atoms with E-state index in [1.54, 1.807) is 26.2 Å². The van der Waals surface area contributed by atoms with E-state index in [0.29, 0.717) is 22.3 Å². The van der Waals surface area contributed by atoms with Gasteiger partial charge in [-0.05, 0) is 35.4 Å². The molecule has 1 aliphatic heterocycles. The molecule has 0 saturated heterocycles. The van der Waals surface area contributed by atoms with Gasteiger partial charge in [0.1, 0.15) is 26.1 Å². The number of rotatable bonds is 0. The zero-order valence-electron chi connectivity index (χ0n) is 26.8. The molecule has 0 spiro atoms. The molecular formula is C40H34N2O6. The minimum Gasteiger partial charge on any atom is -0.460 e. The normalized spacial score (nSPS) is 14.8. The molecule has 0 bridgehead atoms. The van der Waals surface area contributed by atoms with Crippen LogP contribution in [0.3, 0.4) is 0 Å². The predicted molar refractivity (Wildman–Crippen MR) is 180 cm³/mol. The number of esters is 2. The van der Waals surface area contributed by atoms with E-state index in [4.69, 9.17) is 9.47 Å². The summed E-state index contributed by atoms with van der Waals surface area (Å²) in [6, 6.07) is 29.5. The first-order chi connectivity index (χ1) is 23.3. The van der Waals surface area contributed by atoms with Crippen LogP contribution in [0.4, 0.5) is 0 Å². The monoisotopic (exact) mass is 638 g/mol. The Morgan fingerprint density at radius 1 is 0.458 bits per heavy atom. The fraction of sp³-hybridized carbons (Fsp3) is 0.200. The van der Waals surface area contributed by atoms with Gasteiger partial charge in [-0.3, -0.25) is 19.2 Å².